The maximum Gasteiger partial charge on any atom is 3.00 e. The van der Waals surface area contributed by atoms with Gasteiger partial charge in [-0.25, -0.2) is 4.98 Å². The minimum Gasteiger partial charge on any atom is -0.409 e. The molecule has 0 fully saturated rings. The maximum absolute atomic E-state index is 4.60. The molecule has 1 aromatic carbocycles. The Labute approximate surface area is 183 Å². The second-order valence-electron chi connectivity index (χ2n) is 5.42. The predicted molar refractivity (Wildman–Crippen MR) is 92.4 cm³/mol. The average Bonchev–Trinajstić information content (AvgIpc) is 3.16. The van der Waals surface area contributed by atoms with Gasteiger partial charge in [-0.3, -0.25) is 9.98 Å². The number of benzene rings is 1. The summed E-state index contributed by atoms with van der Waals surface area (Å²) in [5.41, 5.74) is 3.52. The maximum atomic E-state index is 4.60. The molecule has 26 heavy (non-hydrogen) atoms. The van der Waals surface area contributed by atoms with Crippen molar-refractivity contribution in [2.45, 2.75) is 6.92 Å². The number of aromatic nitrogens is 6. The van der Waals surface area contributed by atoms with Crippen molar-refractivity contribution < 1.29 is 41.3 Å². The molecular formula is C18H14N7Pr+2. The van der Waals surface area contributed by atoms with Gasteiger partial charge in [0, 0.05) is 23.5 Å². The molecule has 0 amide bonds. The van der Waals surface area contributed by atoms with Crippen LogP contribution in [0.2, 0.25) is 0 Å². The zero-order valence-corrected chi connectivity index (χ0v) is 17.7. The average molecular weight is 469 g/mol. The topological polar surface area (TPSA) is 95.5 Å². The molecular weight excluding hydrogens is 455 g/mol. The molecule has 0 saturated carbocycles. The summed E-state index contributed by atoms with van der Waals surface area (Å²) in [5.74, 6) is 1.44. The number of aromatic amines is 2. The quantitative estimate of drug-likeness (QED) is 0.451. The first-order chi connectivity index (χ1) is 12.3. The molecule has 0 aliphatic rings. The van der Waals surface area contributed by atoms with E-state index in [1.54, 1.807) is 18.5 Å². The molecule has 122 valence electrons. The molecule has 2 N–H and O–H groups in total. The van der Waals surface area contributed by atoms with Crippen LogP contribution in [-0.4, -0.2) is 30.1 Å². The van der Waals surface area contributed by atoms with Crippen molar-refractivity contribution in [2.24, 2.45) is 4.99 Å². The summed E-state index contributed by atoms with van der Waals surface area (Å²) in [6, 6.07) is 13.4. The van der Waals surface area contributed by atoms with Crippen LogP contribution in [-0.2, 0) is 0 Å². The van der Waals surface area contributed by atoms with E-state index in [0.717, 1.165) is 11.1 Å². The standard InChI is InChI=1S/C18H14N7.Pr/c1-12-2-4-13(5-3-12)16-22-17(14-6-9-19-10-7-14)24-18(23-16)21-15-8-11-20-25-15;/h2-10H,1H3,(H2,20,21,22,23,24,25);/q-1;+3. The van der Waals surface area contributed by atoms with E-state index in [0.29, 0.717) is 23.1 Å². The molecule has 0 spiro atoms. The number of nitrogens with zero attached hydrogens (tertiary/aromatic N) is 5. The molecule has 0 radical (unpaired) electrons. The molecule has 8 heteroatoms. The Balaban J connectivity index is 0.00000196. The first-order valence-electron chi connectivity index (χ1n) is 7.70. The Morgan fingerprint density at radius 1 is 0.885 bits per heavy atom. The van der Waals surface area contributed by atoms with E-state index >= 15 is 0 Å². The van der Waals surface area contributed by atoms with Crippen molar-refractivity contribution in [1.29, 1.82) is 0 Å². The van der Waals surface area contributed by atoms with Crippen LogP contribution in [0, 0.1) is 54.4 Å². The van der Waals surface area contributed by atoms with Crippen molar-refractivity contribution in [3.05, 3.63) is 72.1 Å². The summed E-state index contributed by atoms with van der Waals surface area (Å²) in [7, 11) is 0. The fraction of sp³-hybridized carbons (Fsp3) is 0.0556. The predicted octanol–water partition coefficient (Wildman–Crippen LogP) is 2.60. The summed E-state index contributed by atoms with van der Waals surface area (Å²) >= 11 is 0. The molecule has 4 rings (SSSR count). The monoisotopic (exact) mass is 469 g/mol. The molecule has 0 unspecified atom stereocenters. The zero-order chi connectivity index (χ0) is 17.1. The van der Waals surface area contributed by atoms with Crippen LogP contribution in [0.25, 0.3) is 22.8 Å². The Bertz CT molecular complexity index is 1040. The second-order valence-corrected chi connectivity index (χ2v) is 5.42. The van der Waals surface area contributed by atoms with Crippen LogP contribution in [0.5, 0.6) is 0 Å². The Morgan fingerprint density at radius 2 is 1.54 bits per heavy atom. The number of rotatable bonds is 3. The first-order valence-corrected chi connectivity index (χ1v) is 7.70. The van der Waals surface area contributed by atoms with Crippen LogP contribution in [0.1, 0.15) is 5.56 Å². The van der Waals surface area contributed by atoms with E-state index in [1.165, 1.54) is 5.56 Å². The SMILES string of the molecule is Cc1ccc(-c2nc(/N=c3/c[c-][nH][nH]3)nc(-c3ccncc3)n2)cc1.[Pr+3]. The van der Waals surface area contributed by atoms with Crippen LogP contribution in [0.3, 0.4) is 0 Å². The summed E-state index contributed by atoms with van der Waals surface area (Å²) in [5, 5.41) is 5.58. The number of aryl methyl sites for hydroxylation is 1. The van der Waals surface area contributed by atoms with Crippen molar-refractivity contribution in [2.75, 3.05) is 0 Å². The normalized spacial score (nSPS) is 11.2. The molecule has 0 atom stereocenters. The van der Waals surface area contributed by atoms with Crippen molar-refractivity contribution in [1.82, 2.24) is 30.1 Å². The van der Waals surface area contributed by atoms with Gasteiger partial charge in [-0.2, -0.15) is 22.2 Å². The van der Waals surface area contributed by atoms with Gasteiger partial charge in [0.05, 0.1) is 0 Å². The van der Waals surface area contributed by atoms with Gasteiger partial charge < -0.3 is 10.2 Å². The van der Waals surface area contributed by atoms with E-state index in [4.69, 9.17) is 0 Å². The molecule has 3 aromatic heterocycles. The molecule has 4 aromatic rings. The molecule has 3 heterocycles. The van der Waals surface area contributed by atoms with Crippen LogP contribution < -0.4 is 5.49 Å². The molecule has 0 aliphatic carbocycles. The van der Waals surface area contributed by atoms with Crippen LogP contribution in [0.4, 0.5) is 5.95 Å². The third-order valence-corrected chi connectivity index (χ3v) is 3.56. The van der Waals surface area contributed by atoms with Gasteiger partial charge in [0.25, 0.3) is 0 Å². The Morgan fingerprint density at radius 3 is 2.15 bits per heavy atom. The number of H-pyrrole nitrogens is 2. The minimum absolute atomic E-state index is 0. The zero-order valence-electron chi connectivity index (χ0n) is 14.0. The summed E-state index contributed by atoms with van der Waals surface area (Å²) < 4.78 is 0. The minimum atomic E-state index is 0. The molecule has 7 nitrogen and oxygen atoms in total. The third kappa shape index (κ3) is 4.29. The smallest absolute Gasteiger partial charge is 0.409 e. The van der Waals surface area contributed by atoms with Gasteiger partial charge in [0.15, 0.2) is 11.6 Å². The molecule has 0 saturated heterocycles. The Hall–Kier alpha value is -2.25. The van der Waals surface area contributed by atoms with E-state index in [9.17, 15) is 0 Å². The number of nitrogens with one attached hydrogen (secondary N) is 2. The van der Waals surface area contributed by atoms with Gasteiger partial charge >= 0.3 is 41.3 Å². The summed E-state index contributed by atoms with van der Waals surface area (Å²) in [6.45, 7) is 2.04. The number of pyridine rings is 1. The van der Waals surface area contributed by atoms with Crippen molar-refractivity contribution in [3.8, 4) is 22.8 Å². The summed E-state index contributed by atoms with van der Waals surface area (Å²) in [6.07, 6.45) is 6.20. The molecule has 0 bridgehead atoms. The van der Waals surface area contributed by atoms with Gasteiger partial charge in [-0.05, 0) is 24.5 Å². The van der Waals surface area contributed by atoms with Crippen LogP contribution in [0.15, 0.2) is 59.9 Å². The second kappa shape index (κ2) is 8.42. The molecule has 0 aliphatic heterocycles. The fourth-order valence-electron chi connectivity index (χ4n) is 2.29. The first kappa shape index (κ1) is 18.5. The Kier molecular flexibility index (Phi) is 6.01. The number of hydrogen-bond donors (Lipinski definition) is 2. The number of hydrogen-bond acceptors (Lipinski definition) is 5. The van der Waals surface area contributed by atoms with Gasteiger partial charge in [-0.15, -0.1) is 0 Å². The van der Waals surface area contributed by atoms with Gasteiger partial charge in [0.2, 0.25) is 5.95 Å². The fourth-order valence-corrected chi connectivity index (χ4v) is 2.29. The van der Waals surface area contributed by atoms with Crippen molar-refractivity contribution >= 4 is 5.95 Å². The van der Waals surface area contributed by atoms with Crippen LogP contribution >= 0.6 is 0 Å². The van der Waals surface area contributed by atoms with Crippen molar-refractivity contribution in [3.63, 3.8) is 0 Å². The van der Waals surface area contributed by atoms with E-state index < -0.39 is 0 Å². The largest absolute Gasteiger partial charge is 3.00 e. The van der Waals surface area contributed by atoms with Gasteiger partial charge in [0.1, 0.15) is 0 Å². The summed E-state index contributed by atoms with van der Waals surface area (Å²) in [4.78, 5) is 22.0. The van der Waals surface area contributed by atoms with E-state index in [1.807, 2.05) is 43.3 Å². The van der Waals surface area contributed by atoms with E-state index in [-0.39, 0.29) is 41.3 Å². The van der Waals surface area contributed by atoms with Gasteiger partial charge in [-0.1, -0.05) is 29.8 Å². The third-order valence-electron chi connectivity index (χ3n) is 3.56. The van der Waals surface area contributed by atoms with E-state index in [2.05, 4.69) is 41.3 Å².